The number of nitrogens with zero attached hydrogens (tertiary/aromatic N) is 1. The van der Waals surface area contributed by atoms with Crippen molar-refractivity contribution in [1.82, 2.24) is 10.2 Å². The molecule has 4 nitrogen and oxygen atoms in total. The van der Waals surface area contributed by atoms with Gasteiger partial charge >= 0.3 is 0 Å². The fourth-order valence-corrected chi connectivity index (χ4v) is 3.36. The molecule has 4 heteroatoms. The molecule has 1 aromatic carbocycles. The zero-order valence-electron chi connectivity index (χ0n) is 12.8. The summed E-state index contributed by atoms with van der Waals surface area (Å²) in [6, 6.07) is 10.1. The van der Waals surface area contributed by atoms with Crippen LogP contribution >= 0.6 is 0 Å². The van der Waals surface area contributed by atoms with Crippen LogP contribution in [0.5, 0.6) is 0 Å². The van der Waals surface area contributed by atoms with Crippen molar-refractivity contribution < 1.29 is 9.53 Å². The van der Waals surface area contributed by atoms with Gasteiger partial charge in [-0.05, 0) is 31.2 Å². The van der Waals surface area contributed by atoms with E-state index in [9.17, 15) is 4.79 Å². The third kappa shape index (κ3) is 2.58. The molecule has 2 unspecified atom stereocenters. The molecule has 1 N–H and O–H groups in total. The summed E-state index contributed by atoms with van der Waals surface area (Å²) in [5.41, 5.74) is 1.01. The maximum absolute atomic E-state index is 12.7. The van der Waals surface area contributed by atoms with Crippen LogP contribution in [0.4, 0.5) is 0 Å². The molecule has 1 aromatic rings. The minimum absolute atomic E-state index is 0.0312. The van der Waals surface area contributed by atoms with E-state index in [1.54, 1.807) is 7.11 Å². The average molecular weight is 288 g/mol. The molecule has 3 rings (SSSR count). The Labute approximate surface area is 126 Å². The Bertz CT molecular complexity index is 493. The van der Waals surface area contributed by atoms with Crippen LogP contribution in [0.25, 0.3) is 0 Å². The predicted octanol–water partition coefficient (Wildman–Crippen LogP) is 2.46. The first kappa shape index (κ1) is 14.5. The molecule has 1 saturated carbocycles. The number of methoxy groups -OCH3 is 1. The lowest BCUT2D eigenvalue weighted by Gasteiger charge is -2.44. The monoisotopic (exact) mass is 288 g/mol. The molecule has 1 heterocycles. The van der Waals surface area contributed by atoms with Gasteiger partial charge in [0.05, 0.1) is 18.2 Å². The zero-order chi connectivity index (χ0) is 14.9. The molecular weight excluding hydrogens is 264 g/mol. The number of ether oxygens (including phenoxy) is 1. The molecule has 1 amide bonds. The van der Waals surface area contributed by atoms with Gasteiger partial charge < -0.3 is 9.64 Å². The summed E-state index contributed by atoms with van der Waals surface area (Å²) in [6.45, 7) is 2.74. The highest BCUT2D eigenvalue weighted by Crippen LogP contribution is 2.38. The Morgan fingerprint density at radius 1 is 1.33 bits per heavy atom. The van der Waals surface area contributed by atoms with Gasteiger partial charge in [0.25, 0.3) is 0 Å². The average Bonchev–Trinajstić information content (AvgIpc) is 2.80. The summed E-state index contributed by atoms with van der Waals surface area (Å²) in [5.74, 6) is 0.203. The first-order valence-electron chi connectivity index (χ1n) is 7.86. The molecule has 1 saturated heterocycles. The quantitative estimate of drug-likeness (QED) is 0.905. The summed E-state index contributed by atoms with van der Waals surface area (Å²) >= 11 is 0. The van der Waals surface area contributed by atoms with Gasteiger partial charge in [0.1, 0.15) is 6.17 Å². The molecule has 0 spiro atoms. The van der Waals surface area contributed by atoms with Crippen LogP contribution in [0, 0.1) is 0 Å². The summed E-state index contributed by atoms with van der Waals surface area (Å²) < 4.78 is 5.72. The van der Waals surface area contributed by atoms with Gasteiger partial charge in [0, 0.05) is 7.11 Å². The lowest BCUT2D eigenvalue weighted by molar-refractivity contribution is -0.140. The van der Waals surface area contributed by atoms with Gasteiger partial charge in [-0.15, -0.1) is 0 Å². The van der Waals surface area contributed by atoms with Crippen molar-refractivity contribution in [3.8, 4) is 0 Å². The number of rotatable bonds is 5. The van der Waals surface area contributed by atoms with E-state index < -0.39 is 0 Å². The second-order valence-electron chi connectivity index (χ2n) is 6.15. The van der Waals surface area contributed by atoms with Crippen molar-refractivity contribution in [3.05, 3.63) is 35.9 Å². The molecule has 2 fully saturated rings. The van der Waals surface area contributed by atoms with E-state index in [-0.39, 0.29) is 23.7 Å². The fourth-order valence-electron chi connectivity index (χ4n) is 3.36. The largest absolute Gasteiger partial charge is 0.376 e. The molecule has 114 valence electrons. The van der Waals surface area contributed by atoms with E-state index in [2.05, 4.69) is 24.4 Å². The number of carbonyl (C=O) groups is 1. The second-order valence-corrected chi connectivity index (χ2v) is 6.15. The highest BCUT2D eigenvalue weighted by molar-refractivity contribution is 5.84. The van der Waals surface area contributed by atoms with Crippen LogP contribution in [0.15, 0.2) is 30.3 Å². The van der Waals surface area contributed by atoms with E-state index in [1.807, 2.05) is 23.1 Å². The lowest BCUT2D eigenvalue weighted by atomic mass is 9.79. The highest BCUT2D eigenvalue weighted by atomic mass is 16.5. The van der Waals surface area contributed by atoms with Gasteiger partial charge in [0.2, 0.25) is 5.91 Å². The van der Waals surface area contributed by atoms with E-state index in [1.165, 1.54) is 6.42 Å². The fraction of sp³-hybridized carbons (Fsp3) is 0.588. The number of nitrogens with one attached hydrogen (secondary N) is 1. The van der Waals surface area contributed by atoms with E-state index >= 15 is 0 Å². The second kappa shape index (κ2) is 5.78. The molecule has 2 aliphatic rings. The van der Waals surface area contributed by atoms with Gasteiger partial charge in [-0.3, -0.25) is 10.1 Å². The standard InChI is InChI=1S/C17H24N2O2/c1-3-14-16(20)19(12-17(21-2)10-7-11-17)15(18-14)13-8-5-4-6-9-13/h4-6,8-9,14-15,18H,3,7,10-12H2,1-2H3. The van der Waals surface area contributed by atoms with E-state index in [4.69, 9.17) is 4.74 Å². The predicted molar refractivity (Wildman–Crippen MR) is 81.7 cm³/mol. The van der Waals surface area contributed by atoms with E-state index in [0.29, 0.717) is 6.54 Å². The number of amides is 1. The van der Waals surface area contributed by atoms with Crippen LogP contribution in [-0.4, -0.2) is 36.1 Å². The van der Waals surface area contributed by atoms with Gasteiger partial charge in [-0.25, -0.2) is 0 Å². The number of hydrogen-bond donors (Lipinski definition) is 1. The number of benzene rings is 1. The van der Waals surface area contributed by atoms with Crippen molar-refractivity contribution in [2.75, 3.05) is 13.7 Å². The van der Waals surface area contributed by atoms with Crippen molar-refractivity contribution >= 4 is 5.91 Å². The van der Waals surface area contributed by atoms with Crippen molar-refractivity contribution in [3.63, 3.8) is 0 Å². The Balaban J connectivity index is 1.84. The minimum atomic E-state index is -0.132. The molecule has 0 bridgehead atoms. The first-order valence-corrected chi connectivity index (χ1v) is 7.86. The molecule has 0 radical (unpaired) electrons. The molecular formula is C17H24N2O2. The number of hydrogen-bond acceptors (Lipinski definition) is 3. The normalized spacial score (nSPS) is 27.7. The van der Waals surface area contributed by atoms with Crippen LogP contribution < -0.4 is 5.32 Å². The van der Waals surface area contributed by atoms with Crippen LogP contribution in [0.2, 0.25) is 0 Å². The van der Waals surface area contributed by atoms with Crippen LogP contribution in [-0.2, 0) is 9.53 Å². The minimum Gasteiger partial charge on any atom is -0.376 e. The topological polar surface area (TPSA) is 41.6 Å². The maximum Gasteiger partial charge on any atom is 0.241 e. The summed E-state index contributed by atoms with van der Waals surface area (Å²) in [7, 11) is 1.77. The Morgan fingerprint density at radius 2 is 2.05 bits per heavy atom. The number of carbonyl (C=O) groups excluding carboxylic acids is 1. The maximum atomic E-state index is 12.7. The molecule has 2 atom stereocenters. The zero-order valence-corrected chi connectivity index (χ0v) is 12.8. The SMILES string of the molecule is CCC1NC(c2ccccc2)N(CC2(OC)CCC2)C1=O. The van der Waals surface area contributed by atoms with Gasteiger partial charge in [-0.1, -0.05) is 37.3 Å². The Morgan fingerprint density at radius 3 is 2.57 bits per heavy atom. The third-order valence-electron chi connectivity index (χ3n) is 4.93. The van der Waals surface area contributed by atoms with Crippen molar-refractivity contribution in [2.45, 2.75) is 50.4 Å². The smallest absolute Gasteiger partial charge is 0.241 e. The summed E-state index contributed by atoms with van der Waals surface area (Å²) in [6.07, 6.45) is 4.07. The Hall–Kier alpha value is -1.39. The highest BCUT2D eigenvalue weighted by Gasteiger charge is 2.46. The van der Waals surface area contributed by atoms with E-state index in [0.717, 1.165) is 24.8 Å². The third-order valence-corrected chi connectivity index (χ3v) is 4.93. The molecule has 21 heavy (non-hydrogen) atoms. The molecule has 1 aliphatic heterocycles. The summed E-state index contributed by atoms with van der Waals surface area (Å²) in [4.78, 5) is 14.6. The van der Waals surface area contributed by atoms with Crippen LogP contribution in [0.3, 0.4) is 0 Å². The Kier molecular flexibility index (Phi) is 4.00. The van der Waals surface area contributed by atoms with Gasteiger partial charge in [0.15, 0.2) is 0 Å². The van der Waals surface area contributed by atoms with Crippen LogP contribution in [0.1, 0.15) is 44.3 Å². The van der Waals surface area contributed by atoms with Gasteiger partial charge in [-0.2, -0.15) is 0 Å². The molecule has 0 aromatic heterocycles. The molecule has 1 aliphatic carbocycles. The van der Waals surface area contributed by atoms with Crippen molar-refractivity contribution in [2.24, 2.45) is 0 Å². The lowest BCUT2D eigenvalue weighted by Crippen LogP contribution is -2.51. The summed E-state index contributed by atoms with van der Waals surface area (Å²) in [5, 5.41) is 3.47. The van der Waals surface area contributed by atoms with Crippen molar-refractivity contribution in [1.29, 1.82) is 0 Å². The first-order chi connectivity index (χ1) is 10.2.